The van der Waals surface area contributed by atoms with Crippen LogP contribution in [0.5, 0.6) is 0 Å². The number of carbonyl (C=O) groups is 2. The monoisotopic (exact) mass is 306 g/mol. The topological polar surface area (TPSA) is 49.4 Å². The molecule has 2 aliphatic rings. The quantitative estimate of drug-likeness (QED) is 0.913. The van der Waals surface area contributed by atoms with E-state index < -0.39 is 17.7 Å². The second kappa shape index (κ2) is 5.51. The van der Waals surface area contributed by atoms with Crippen molar-refractivity contribution in [2.45, 2.75) is 32.2 Å². The fourth-order valence-electron chi connectivity index (χ4n) is 3.13. The SMILES string of the molecule is CCN1C(=O)NC(c2ccc(F)c(F)c2)C2=C1CCCC2=O. The number of allylic oxidation sites excluding steroid dienone is 1. The van der Waals surface area contributed by atoms with E-state index in [9.17, 15) is 18.4 Å². The van der Waals surface area contributed by atoms with E-state index in [1.807, 2.05) is 6.92 Å². The van der Waals surface area contributed by atoms with Gasteiger partial charge in [0.2, 0.25) is 0 Å². The number of halogens is 2. The maximum Gasteiger partial charge on any atom is 0.322 e. The smallest absolute Gasteiger partial charge is 0.322 e. The van der Waals surface area contributed by atoms with Crippen LogP contribution in [-0.2, 0) is 4.79 Å². The molecule has 1 aliphatic carbocycles. The average molecular weight is 306 g/mol. The third kappa shape index (κ3) is 2.28. The van der Waals surface area contributed by atoms with Gasteiger partial charge < -0.3 is 5.32 Å². The van der Waals surface area contributed by atoms with Crippen molar-refractivity contribution >= 4 is 11.8 Å². The maximum atomic E-state index is 13.5. The molecule has 1 unspecified atom stereocenters. The Balaban J connectivity index is 2.12. The number of amides is 2. The predicted molar refractivity (Wildman–Crippen MR) is 75.9 cm³/mol. The molecule has 0 fully saturated rings. The second-order valence-electron chi connectivity index (χ2n) is 5.44. The van der Waals surface area contributed by atoms with Gasteiger partial charge in [-0.1, -0.05) is 6.07 Å². The minimum absolute atomic E-state index is 0.0468. The van der Waals surface area contributed by atoms with Crippen molar-refractivity contribution in [2.24, 2.45) is 0 Å². The molecular weight excluding hydrogens is 290 g/mol. The molecule has 0 saturated carbocycles. The number of nitrogens with zero attached hydrogens (tertiary/aromatic N) is 1. The Labute approximate surface area is 126 Å². The van der Waals surface area contributed by atoms with E-state index >= 15 is 0 Å². The highest BCUT2D eigenvalue weighted by Gasteiger charge is 2.38. The van der Waals surface area contributed by atoms with Gasteiger partial charge in [-0.2, -0.15) is 0 Å². The summed E-state index contributed by atoms with van der Waals surface area (Å²) in [5.74, 6) is -1.99. The second-order valence-corrected chi connectivity index (χ2v) is 5.44. The molecule has 0 spiro atoms. The molecule has 0 saturated heterocycles. The molecule has 2 amide bonds. The van der Waals surface area contributed by atoms with Gasteiger partial charge in [-0.05, 0) is 37.5 Å². The Morgan fingerprint density at radius 2 is 2.00 bits per heavy atom. The highest BCUT2D eigenvalue weighted by atomic mass is 19.2. The average Bonchev–Trinajstić information content (AvgIpc) is 2.49. The number of ketones is 1. The van der Waals surface area contributed by atoms with Crippen molar-refractivity contribution in [3.63, 3.8) is 0 Å². The van der Waals surface area contributed by atoms with Crippen LogP contribution in [0, 0.1) is 11.6 Å². The lowest BCUT2D eigenvalue weighted by Crippen LogP contribution is -2.49. The summed E-state index contributed by atoms with van der Waals surface area (Å²) in [5.41, 5.74) is 1.58. The van der Waals surface area contributed by atoms with Crippen LogP contribution in [0.3, 0.4) is 0 Å². The Kier molecular flexibility index (Phi) is 3.68. The molecular formula is C16H16F2N2O2. The van der Waals surface area contributed by atoms with Crippen LogP contribution in [-0.4, -0.2) is 23.3 Å². The van der Waals surface area contributed by atoms with Crippen molar-refractivity contribution in [1.29, 1.82) is 0 Å². The summed E-state index contributed by atoms with van der Waals surface area (Å²) in [6.07, 6.45) is 1.75. The summed E-state index contributed by atoms with van der Waals surface area (Å²) < 4.78 is 26.6. The molecule has 1 heterocycles. The number of hydrogen-bond acceptors (Lipinski definition) is 2. The number of carbonyl (C=O) groups excluding carboxylic acids is 2. The minimum atomic E-state index is -0.991. The number of benzene rings is 1. The predicted octanol–water partition coefficient (Wildman–Crippen LogP) is 3.06. The third-order valence-electron chi connectivity index (χ3n) is 4.15. The van der Waals surface area contributed by atoms with Crippen molar-refractivity contribution in [3.8, 4) is 0 Å². The van der Waals surface area contributed by atoms with Gasteiger partial charge in [-0.15, -0.1) is 0 Å². The molecule has 6 heteroatoms. The van der Waals surface area contributed by atoms with Crippen molar-refractivity contribution in [1.82, 2.24) is 10.2 Å². The number of Topliss-reactive ketones (excluding diaryl/α,β-unsaturated/α-hetero) is 1. The van der Waals surface area contributed by atoms with Gasteiger partial charge in [0.25, 0.3) is 0 Å². The largest absolute Gasteiger partial charge is 0.327 e. The van der Waals surface area contributed by atoms with E-state index in [1.165, 1.54) is 6.07 Å². The Morgan fingerprint density at radius 3 is 2.68 bits per heavy atom. The summed E-state index contributed by atoms with van der Waals surface area (Å²) in [5, 5.41) is 2.73. The molecule has 1 aliphatic heterocycles. The fraction of sp³-hybridized carbons (Fsp3) is 0.375. The lowest BCUT2D eigenvalue weighted by atomic mass is 9.84. The lowest BCUT2D eigenvalue weighted by Gasteiger charge is -2.38. The van der Waals surface area contributed by atoms with Crippen LogP contribution in [0.25, 0.3) is 0 Å². The van der Waals surface area contributed by atoms with Crippen LogP contribution < -0.4 is 5.32 Å². The van der Waals surface area contributed by atoms with Gasteiger partial charge in [0, 0.05) is 24.2 Å². The Hall–Kier alpha value is -2.24. The third-order valence-corrected chi connectivity index (χ3v) is 4.15. The number of nitrogens with one attached hydrogen (secondary N) is 1. The van der Waals surface area contributed by atoms with Crippen molar-refractivity contribution < 1.29 is 18.4 Å². The minimum Gasteiger partial charge on any atom is -0.327 e. The van der Waals surface area contributed by atoms with Gasteiger partial charge in [-0.25, -0.2) is 13.6 Å². The summed E-state index contributed by atoms with van der Waals surface area (Å²) in [6, 6.07) is 2.42. The summed E-state index contributed by atoms with van der Waals surface area (Å²) in [6.45, 7) is 2.30. The van der Waals surface area contributed by atoms with Crippen LogP contribution >= 0.6 is 0 Å². The lowest BCUT2D eigenvalue weighted by molar-refractivity contribution is -0.116. The van der Waals surface area contributed by atoms with Gasteiger partial charge in [0.05, 0.1) is 6.04 Å². The molecule has 1 atom stereocenters. The Bertz CT molecular complexity index is 685. The first kappa shape index (κ1) is 14.7. The van der Waals surface area contributed by atoms with E-state index in [0.717, 1.165) is 12.1 Å². The molecule has 1 aromatic rings. The summed E-state index contributed by atoms with van der Waals surface area (Å²) in [7, 11) is 0. The van der Waals surface area contributed by atoms with Crippen molar-refractivity contribution in [3.05, 3.63) is 46.7 Å². The maximum absolute atomic E-state index is 13.5. The molecule has 1 aromatic carbocycles. The molecule has 1 N–H and O–H groups in total. The highest BCUT2D eigenvalue weighted by Crippen LogP contribution is 2.37. The zero-order chi connectivity index (χ0) is 15.9. The van der Waals surface area contributed by atoms with Gasteiger partial charge >= 0.3 is 6.03 Å². The molecule has 4 nitrogen and oxygen atoms in total. The van der Waals surface area contributed by atoms with E-state index in [2.05, 4.69) is 5.32 Å². The van der Waals surface area contributed by atoms with Gasteiger partial charge in [0.15, 0.2) is 17.4 Å². The molecule has 0 radical (unpaired) electrons. The van der Waals surface area contributed by atoms with Gasteiger partial charge in [-0.3, -0.25) is 9.69 Å². The van der Waals surface area contributed by atoms with E-state index in [1.54, 1.807) is 4.90 Å². The first-order valence-corrected chi connectivity index (χ1v) is 7.32. The normalized spacial score (nSPS) is 21.8. The number of urea groups is 1. The number of hydrogen-bond donors (Lipinski definition) is 1. The summed E-state index contributed by atoms with van der Waals surface area (Å²) in [4.78, 5) is 26.1. The zero-order valence-corrected chi connectivity index (χ0v) is 12.2. The molecule has 3 rings (SSSR count). The van der Waals surface area contributed by atoms with Crippen LogP contribution in [0.2, 0.25) is 0 Å². The van der Waals surface area contributed by atoms with Crippen LogP contribution in [0.15, 0.2) is 29.5 Å². The van der Waals surface area contributed by atoms with Crippen LogP contribution in [0.4, 0.5) is 13.6 Å². The molecule has 0 bridgehead atoms. The molecule has 0 aromatic heterocycles. The standard InChI is InChI=1S/C16H16F2N2O2/c1-2-20-12-4-3-5-13(21)14(12)15(19-16(20)22)9-6-7-10(17)11(18)8-9/h6-8,15H,2-5H2,1H3,(H,19,22). The zero-order valence-electron chi connectivity index (χ0n) is 12.2. The first-order valence-electron chi connectivity index (χ1n) is 7.32. The summed E-state index contributed by atoms with van der Waals surface area (Å²) >= 11 is 0. The number of rotatable bonds is 2. The van der Waals surface area contributed by atoms with E-state index in [-0.39, 0.29) is 11.8 Å². The first-order chi connectivity index (χ1) is 10.5. The highest BCUT2D eigenvalue weighted by molar-refractivity contribution is 6.00. The molecule has 116 valence electrons. The van der Waals surface area contributed by atoms with Crippen molar-refractivity contribution in [2.75, 3.05) is 6.54 Å². The van der Waals surface area contributed by atoms with E-state index in [0.29, 0.717) is 42.6 Å². The van der Waals surface area contributed by atoms with Gasteiger partial charge in [0.1, 0.15) is 0 Å². The van der Waals surface area contributed by atoms with Crippen LogP contribution in [0.1, 0.15) is 37.8 Å². The molecule has 22 heavy (non-hydrogen) atoms. The Morgan fingerprint density at radius 1 is 1.23 bits per heavy atom. The fourth-order valence-corrected chi connectivity index (χ4v) is 3.13. The van der Waals surface area contributed by atoms with E-state index in [4.69, 9.17) is 0 Å².